The summed E-state index contributed by atoms with van der Waals surface area (Å²) in [7, 11) is 0. The van der Waals surface area contributed by atoms with Crippen LogP contribution in [0.4, 0.5) is 0 Å². The summed E-state index contributed by atoms with van der Waals surface area (Å²) in [6, 6.07) is 8.38. The predicted molar refractivity (Wildman–Crippen MR) is 64.9 cm³/mol. The Bertz CT molecular complexity index is 528. The van der Waals surface area contributed by atoms with Gasteiger partial charge < -0.3 is 0 Å². The van der Waals surface area contributed by atoms with E-state index in [1.807, 2.05) is 6.07 Å². The SMILES string of the molecule is O=Cc1cnc(-c2ccccc2C2CC2)s1. The van der Waals surface area contributed by atoms with Crippen molar-refractivity contribution in [3.05, 3.63) is 40.9 Å². The Morgan fingerprint density at radius 3 is 2.81 bits per heavy atom. The van der Waals surface area contributed by atoms with Crippen LogP contribution in [0.5, 0.6) is 0 Å². The van der Waals surface area contributed by atoms with E-state index in [1.54, 1.807) is 6.20 Å². The van der Waals surface area contributed by atoms with Crippen LogP contribution in [0.2, 0.25) is 0 Å². The molecular formula is C13H11NOS. The van der Waals surface area contributed by atoms with E-state index in [-0.39, 0.29) is 0 Å². The molecule has 0 radical (unpaired) electrons. The smallest absolute Gasteiger partial charge is 0.161 e. The molecule has 0 bridgehead atoms. The van der Waals surface area contributed by atoms with Crippen molar-refractivity contribution in [3.63, 3.8) is 0 Å². The Morgan fingerprint density at radius 2 is 2.12 bits per heavy atom. The van der Waals surface area contributed by atoms with Crippen LogP contribution in [0.15, 0.2) is 30.5 Å². The molecule has 2 nitrogen and oxygen atoms in total. The number of thiazole rings is 1. The monoisotopic (exact) mass is 229 g/mol. The molecular weight excluding hydrogens is 218 g/mol. The maximum absolute atomic E-state index is 10.7. The molecule has 1 aliphatic rings. The molecule has 1 saturated carbocycles. The number of benzene rings is 1. The summed E-state index contributed by atoms with van der Waals surface area (Å²) in [4.78, 5) is 15.7. The van der Waals surface area contributed by atoms with Crippen molar-refractivity contribution in [1.82, 2.24) is 4.98 Å². The zero-order valence-corrected chi connectivity index (χ0v) is 9.54. The van der Waals surface area contributed by atoms with Crippen molar-refractivity contribution in [1.29, 1.82) is 0 Å². The first-order valence-corrected chi connectivity index (χ1v) is 6.20. The van der Waals surface area contributed by atoms with Crippen LogP contribution in [0.25, 0.3) is 10.6 Å². The molecule has 1 fully saturated rings. The Labute approximate surface area is 98.0 Å². The van der Waals surface area contributed by atoms with E-state index < -0.39 is 0 Å². The van der Waals surface area contributed by atoms with Gasteiger partial charge in [-0.15, -0.1) is 11.3 Å². The molecule has 80 valence electrons. The lowest BCUT2D eigenvalue weighted by Crippen LogP contribution is -1.85. The van der Waals surface area contributed by atoms with Gasteiger partial charge in [0.2, 0.25) is 0 Å². The van der Waals surface area contributed by atoms with Crippen LogP contribution >= 0.6 is 11.3 Å². The van der Waals surface area contributed by atoms with Gasteiger partial charge in [-0.25, -0.2) is 4.98 Å². The first kappa shape index (κ1) is 9.73. The normalized spacial score (nSPS) is 15.0. The minimum Gasteiger partial charge on any atom is -0.297 e. The molecule has 3 rings (SSSR count). The van der Waals surface area contributed by atoms with E-state index >= 15 is 0 Å². The third-order valence-electron chi connectivity index (χ3n) is 2.85. The second-order valence-corrected chi connectivity index (χ2v) is 5.11. The molecule has 0 N–H and O–H groups in total. The molecule has 0 aliphatic heterocycles. The molecule has 1 aromatic carbocycles. The molecule has 0 atom stereocenters. The Hall–Kier alpha value is -1.48. The third-order valence-corrected chi connectivity index (χ3v) is 3.80. The van der Waals surface area contributed by atoms with Gasteiger partial charge >= 0.3 is 0 Å². The molecule has 0 amide bonds. The molecule has 0 unspecified atom stereocenters. The first-order chi connectivity index (χ1) is 7.88. The summed E-state index contributed by atoms with van der Waals surface area (Å²) in [6.07, 6.45) is 5.07. The van der Waals surface area contributed by atoms with E-state index in [0.717, 1.165) is 11.3 Å². The average molecular weight is 229 g/mol. The molecule has 3 heteroatoms. The number of hydrogen-bond acceptors (Lipinski definition) is 3. The van der Waals surface area contributed by atoms with Crippen molar-refractivity contribution < 1.29 is 4.79 Å². The highest BCUT2D eigenvalue weighted by Crippen LogP contribution is 2.44. The highest BCUT2D eigenvalue weighted by atomic mass is 32.1. The summed E-state index contributed by atoms with van der Waals surface area (Å²) < 4.78 is 0. The molecule has 2 aromatic rings. The minimum absolute atomic E-state index is 0.695. The van der Waals surface area contributed by atoms with E-state index in [9.17, 15) is 4.79 Å². The van der Waals surface area contributed by atoms with Crippen molar-refractivity contribution in [2.75, 3.05) is 0 Å². The van der Waals surface area contributed by atoms with Gasteiger partial charge in [0.05, 0.1) is 4.88 Å². The Morgan fingerprint density at radius 1 is 1.31 bits per heavy atom. The van der Waals surface area contributed by atoms with Crippen molar-refractivity contribution in [3.8, 4) is 10.6 Å². The summed E-state index contributed by atoms with van der Waals surface area (Å²) >= 11 is 1.47. The highest BCUT2D eigenvalue weighted by Gasteiger charge is 2.26. The number of aldehydes is 1. The zero-order chi connectivity index (χ0) is 11.0. The predicted octanol–water partition coefficient (Wildman–Crippen LogP) is 3.50. The van der Waals surface area contributed by atoms with Gasteiger partial charge in [0.25, 0.3) is 0 Å². The lowest BCUT2D eigenvalue weighted by atomic mass is 10.0. The molecule has 1 aromatic heterocycles. The number of carbonyl (C=O) groups is 1. The number of hydrogen-bond donors (Lipinski definition) is 0. The van der Waals surface area contributed by atoms with E-state index in [4.69, 9.17) is 0 Å². The summed E-state index contributed by atoms with van der Waals surface area (Å²) in [6.45, 7) is 0. The summed E-state index contributed by atoms with van der Waals surface area (Å²) in [5, 5.41) is 0.963. The Kier molecular flexibility index (Phi) is 2.33. The van der Waals surface area contributed by atoms with Gasteiger partial charge in [0.15, 0.2) is 6.29 Å². The fourth-order valence-corrected chi connectivity index (χ4v) is 2.69. The van der Waals surface area contributed by atoms with Crippen LogP contribution in [0, 0.1) is 0 Å². The number of rotatable bonds is 3. The van der Waals surface area contributed by atoms with E-state index in [0.29, 0.717) is 10.8 Å². The second-order valence-electron chi connectivity index (χ2n) is 4.05. The van der Waals surface area contributed by atoms with Crippen LogP contribution in [-0.4, -0.2) is 11.3 Å². The summed E-state index contributed by atoms with van der Waals surface area (Å²) in [5.41, 5.74) is 2.58. The fraction of sp³-hybridized carbons (Fsp3) is 0.231. The van der Waals surface area contributed by atoms with Gasteiger partial charge in [-0.3, -0.25) is 4.79 Å². The van der Waals surface area contributed by atoms with Gasteiger partial charge in [0, 0.05) is 11.8 Å². The van der Waals surface area contributed by atoms with Crippen LogP contribution < -0.4 is 0 Å². The van der Waals surface area contributed by atoms with Crippen molar-refractivity contribution >= 4 is 17.6 Å². The van der Waals surface area contributed by atoms with Gasteiger partial charge in [-0.2, -0.15) is 0 Å². The largest absolute Gasteiger partial charge is 0.297 e. The lowest BCUT2D eigenvalue weighted by Gasteiger charge is -2.04. The average Bonchev–Trinajstić information content (AvgIpc) is 3.07. The minimum atomic E-state index is 0.695. The maximum Gasteiger partial charge on any atom is 0.161 e. The van der Waals surface area contributed by atoms with Gasteiger partial charge in [-0.05, 0) is 24.3 Å². The van der Waals surface area contributed by atoms with Gasteiger partial charge in [0.1, 0.15) is 5.01 Å². The van der Waals surface area contributed by atoms with Gasteiger partial charge in [-0.1, -0.05) is 24.3 Å². The van der Waals surface area contributed by atoms with Crippen molar-refractivity contribution in [2.45, 2.75) is 18.8 Å². The quantitative estimate of drug-likeness (QED) is 0.754. The fourth-order valence-electron chi connectivity index (χ4n) is 1.91. The molecule has 1 aliphatic carbocycles. The molecule has 0 saturated heterocycles. The number of carbonyl (C=O) groups excluding carboxylic acids is 1. The standard InChI is InChI=1S/C13H11NOS/c15-8-10-7-14-13(16-10)12-4-2-1-3-11(12)9-5-6-9/h1-4,7-9H,5-6H2. The topological polar surface area (TPSA) is 30.0 Å². The number of aromatic nitrogens is 1. The lowest BCUT2D eigenvalue weighted by molar-refractivity contribution is 0.112. The van der Waals surface area contributed by atoms with Crippen LogP contribution in [-0.2, 0) is 0 Å². The third kappa shape index (κ3) is 1.67. The van der Waals surface area contributed by atoms with Crippen LogP contribution in [0.1, 0.15) is 34.0 Å². The van der Waals surface area contributed by atoms with Crippen molar-refractivity contribution in [2.24, 2.45) is 0 Å². The first-order valence-electron chi connectivity index (χ1n) is 5.39. The highest BCUT2D eigenvalue weighted by molar-refractivity contribution is 7.16. The molecule has 16 heavy (non-hydrogen) atoms. The number of nitrogens with zero attached hydrogens (tertiary/aromatic N) is 1. The molecule has 0 spiro atoms. The maximum atomic E-state index is 10.7. The Balaban J connectivity index is 2.07. The zero-order valence-electron chi connectivity index (χ0n) is 8.72. The van der Waals surface area contributed by atoms with Crippen LogP contribution in [0.3, 0.4) is 0 Å². The summed E-state index contributed by atoms with van der Waals surface area (Å²) in [5.74, 6) is 0.708. The van der Waals surface area contributed by atoms with E-state index in [2.05, 4.69) is 23.2 Å². The van der Waals surface area contributed by atoms with E-state index in [1.165, 1.54) is 35.3 Å². The molecule has 1 heterocycles. The second kappa shape index (κ2) is 3.83.